The van der Waals surface area contributed by atoms with Crippen LogP contribution in [-0.4, -0.2) is 37.6 Å². The second kappa shape index (κ2) is 32.8. The van der Waals surface area contributed by atoms with Crippen molar-refractivity contribution in [1.29, 1.82) is 0 Å². The number of esters is 1. The van der Waals surface area contributed by atoms with E-state index in [9.17, 15) is 4.79 Å². The van der Waals surface area contributed by atoms with Crippen LogP contribution in [0.15, 0.2) is 24.3 Å². The molecule has 0 aliphatic heterocycles. The number of hydrogen-bond acceptors (Lipinski definition) is 3. The first-order valence-corrected chi connectivity index (χ1v) is 18.7. The zero-order valence-corrected chi connectivity index (χ0v) is 29.3. The largest absolute Gasteiger partial charge is 0.462 e. The fraction of sp³-hybridized carbons (Fsp3) is 0.872. The Morgan fingerprint density at radius 1 is 0.548 bits per heavy atom. The molecule has 0 aromatic heterocycles. The highest BCUT2D eigenvalue weighted by Gasteiger charge is 2.24. The molecule has 0 rings (SSSR count). The third-order valence-corrected chi connectivity index (χ3v) is 8.56. The zero-order valence-electron chi connectivity index (χ0n) is 29.3. The lowest BCUT2D eigenvalue weighted by Gasteiger charge is -2.28. The van der Waals surface area contributed by atoms with Crippen molar-refractivity contribution in [3.05, 3.63) is 24.3 Å². The summed E-state index contributed by atoms with van der Waals surface area (Å²) < 4.78 is 6.34. The van der Waals surface area contributed by atoms with Gasteiger partial charge in [-0.15, -0.1) is 0 Å². The Balaban J connectivity index is 5.06. The molecule has 3 heteroatoms. The third kappa shape index (κ3) is 29.0. The Hall–Kier alpha value is -1.09. The molecular weight excluding hydrogens is 514 g/mol. The molecule has 1 atom stereocenters. The molecule has 3 nitrogen and oxygen atoms in total. The number of carbonyl (C=O) groups is 1. The SMILES string of the molecule is CCCCC/C=C\CCCC(CCC/C=C\CCCCC)C(CCCCCCCCCC)OC(=O)CCCCN(C)C. The molecule has 42 heavy (non-hydrogen) atoms. The van der Waals surface area contributed by atoms with E-state index in [0.717, 1.165) is 38.6 Å². The van der Waals surface area contributed by atoms with Crippen LogP contribution < -0.4 is 0 Å². The van der Waals surface area contributed by atoms with Gasteiger partial charge >= 0.3 is 5.97 Å². The monoisotopic (exact) mass is 590 g/mol. The fourth-order valence-electron chi connectivity index (χ4n) is 5.80. The summed E-state index contributed by atoms with van der Waals surface area (Å²) in [6, 6.07) is 0. The highest BCUT2D eigenvalue weighted by molar-refractivity contribution is 5.69. The molecule has 0 N–H and O–H groups in total. The second-order valence-electron chi connectivity index (χ2n) is 13.1. The highest BCUT2D eigenvalue weighted by atomic mass is 16.5. The van der Waals surface area contributed by atoms with E-state index in [1.54, 1.807) is 0 Å². The predicted octanol–water partition coefficient (Wildman–Crippen LogP) is 12.4. The summed E-state index contributed by atoms with van der Waals surface area (Å²) in [6.45, 7) is 7.86. The van der Waals surface area contributed by atoms with Gasteiger partial charge in [-0.25, -0.2) is 0 Å². The molecule has 0 aromatic carbocycles. The summed E-state index contributed by atoms with van der Waals surface area (Å²) in [4.78, 5) is 15.2. The van der Waals surface area contributed by atoms with Crippen molar-refractivity contribution >= 4 is 5.97 Å². The van der Waals surface area contributed by atoms with Gasteiger partial charge in [-0.3, -0.25) is 4.79 Å². The molecule has 0 radical (unpaired) electrons. The van der Waals surface area contributed by atoms with Crippen LogP contribution in [0.4, 0.5) is 0 Å². The van der Waals surface area contributed by atoms with Gasteiger partial charge in [-0.05, 0) is 116 Å². The topological polar surface area (TPSA) is 29.5 Å². The molecule has 0 saturated heterocycles. The van der Waals surface area contributed by atoms with Crippen LogP contribution >= 0.6 is 0 Å². The molecule has 0 spiro atoms. The Morgan fingerprint density at radius 2 is 1.00 bits per heavy atom. The van der Waals surface area contributed by atoms with Crippen LogP contribution in [-0.2, 0) is 9.53 Å². The first-order valence-electron chi connectivity index (χ1n) is 18.7. The molecule has 248 valence electrons. The lowest BCUT2D eigenvalue weighted by atomic mass is 9.87. The van der Waals surface area contributed by atoms with Crippen LogP contribution in [0.2, 0.25) is 0 Å². The van der Waals surface area contributed by atoms with Crippen LogP contribution in [0, 0.1) is 5.92 Å². The van der Waals surface area contributed by atoms with E-state index in [1.807, 2.05) is 0 Å². The predicted molar refractivity (Wildman–Crippen MR) is 187 cm³/mol. The highest BCUT2D eigenvalue weighted by Crippen LogP contribution is 2.27. The maximum atomic E-state index is 13.0. The Labute approximate surface area is 264 Å². The van der Waals surface area contributed by atoms with Crippen molar-refractivity contribution in [2.24, 2.45) is 5.92 Å². The van der Waals surface area contributed by atoms with E-state index in [2.05, 4.69) is 64.1 Å². The van der Waals surface area contributed by atoms with Crippen molar-refractivity contribution in [3.8, 4) is 0 Å². The van der Waals surface area contributed by atoms with Crippen molar-refractivity contribution in [1.82, 2.24) is 4.90 Å². The summed E-state index contributed by atoms with van der Waals surface area (Å²) in [5, 5.41) is 0. The van der Waals surface area contributed by atoms with Gasteiger partial charge in [0.25, 0.3) is 0 Å². The van der Waals surface area contributed by atoms with Crippen LogP contribution in [0.5, 0.6) is 0 Å². The summed E-state index contributed by atoms with van der Waals surface area (Å²) in [6.07, 6.45) is 41.2. The lowest BCUT2D eigenvalue weighted by molar-refractivity contribution is -0.153. The van der Waals surface area contributed by atoms with E-state index in [1.165, 1.54) is 128 Å². The van der Waals surface area contributed by atoms with Gasteiger partial charge < -0.3 is 9.64 Å². The molecule has 0 aromatic rings. The molecule has 0 amide bonds. The first kappa shape index (κ1) is 40.9. The van der Waals surface area contributed by atoms with Gasteiger partial charge in [0, 0.05) is 6.42 Å². The van der Waals surface area contributed by atoms with Gasteiger partial charge in [0.05, 0.1) is 0 Å². The van der Waals surface area contributed by atoms with E-state index in [4.69, 9.17) is 4.74 Å². The minimum atomic E-state index is 0.0370. The molecular formula is C39H75NO2. The van der Waals surface area contributed by atoms with E-state index >= 15 is 0 Å². The second-order valence-corrected chi connectivity index (χ2v) is 13.1. The van der Waals surface area contributed by atoms with E-state index in [0.29, 0.717) is 12.3 Å². The molecule has 0 bridgehead atoms. The van der Waals surface area contributed by atoms with E-state index < -0.39 is 0 Å². The van der Waals surface area contributed by atoms with E-state index in [-0.39, 0.29) is 12.1 Å². The zero-order chi connectivity index (χ0) is 30.9. The van der Waals surface area contributed by atoms with Gasteiger partial charge in [0.2, 0.25) is 0 Å². The van der Waals surface area contributed by atoms with Crippen molar-refractivity contribution in [2.45, 2.75) is 194 Å². The number of ether oxygens (including phenoxy) is 1. The smallest absolute Gasteiger partial charge is 0.306 e. The lowest BCUT2D eigenvalue weighted by Crippen LogP contribution is -2.27. The van der Waals surface area contributed by atoms with Crippen LogP contribution in [0.25, 0.3) is 0 Å². The number of unbranched alkanes of at least 4 members (excludes halogenated alkanes) is 16. The Morgan fingerprint density at radius 3 is 1.50 bits per heavy atom. The molecule has 0 heterocycles. The molecule has 0 aliphatic carbocycles. The first-order chi connectivity index (χ1) is 20.5. The van der Waals surface area contributed by atoms with Crippen molar-refractivity contribution in [2.75, 3.05) is 20.6 Å². The van der Waals surface area contributed by atoms with Crippen molar-refractivity contribution in [3.63, 3.8) is 0 Å². The number of hydrogen-bond donors (Lipinski definition) is 0. The summed E-state index contributed by atoms with van der Waals surface area (Å²) in [7, 11) is 4.20. The maximum Gasteiger partial charge on any atom is 0.306 e. The normalized spacial score (nSPS) is 12.8. The number of rotatable bonds is 32. The van der Waals surface area contributed by atoms with Gasteiger partial charge in [0.15, 0.2) is 0 Å². The van der Waals surface area contributed by atoms with Gasteiger partial charge in [0.1, 0.15) is 6.10 Å². The van der Waals surface area contributed by atoms with Gasteiger partial charge in [-0.1, -0.05) is 116 Å². The molecule has 0 aliphatic rings. The number of allylic oxidation sites excluding steroid dienone is 4. The number of nitrogens with zero attached hydrogens (tertiary/aromatic N) is 1. The molecule has 1 unspecified atom stereocenters. The van der Waals surface area contributed by atoms with Crippen LogP contribution in [0.1, 0.15) is 188 Å². The fourth-order valence-corrected chi connectivity index (χ4v) is 5.80. The Bertz CT molecular complexity index is 586. The average molecular weight is 590 g/mol. The average Bonchev–Trinajstić information content (AvgIpc) is 2.97. The minimum Gasteiger partial charge on any atom is -0.462 e. The van der Waals surface area contributed by atoms with Crippen molar-refractivity contribution < 1.29 is 9.53 Å². The quantitative estimate of drug-likeness (QED) is 0.0444. The maximum absolute atomic E-state index is 13.0. The Kier molecular flexibility index (Phi) is 32.0. The third-order valence-electron chi connectivity index (χ3n) is 8.56. The van der Waals surface area contributed by atoms with Crippen LogP contribution in [0.3, 0.4) is 0 Å². The molecule has 0 fully saturated rings. The molecule has 0 saturated carbocycles. The standard InChI is InChI=1S/C39H75NO2/c1-6-9-12-15-18-21-24-27-32-37(33-28-25-22-19-16-13-10-7-2)38(34-29-26-23-20-17-14-11-8-3)42-39(41)35-30-31-36-40(4)5/h18-19,21-22,37-38H,6-17,20,23-36H2,1-5H3/b21-18-,22-19-. The van der Waals surface area contributed by atoms with Gasteiger partial charge in [-0.2, -0.15) is 0 Å². The summed E-state index contributed by atoms with van der Waals surface area (Å²) in [5.41, 5.74) is 0. The number of carbonyl (C=O) groups excluding carboxylic acids is 1. The summed E-state index contributed by atoms with van der Waals surface area (Å²) >= 11 is 0. The minimum absolute atomic E-state index is 0.0370. The summed E-state index contributed by atoms with van der Waals surface area (Å²) in [5.74, 6) is 0.525.